The lowest BCUT2D eigenvalue weighted by Crippen LogP contribution is -1.91. The molecule has 3 atom stereocenters. The summed E-state index contributed by atoms with van der Waals surface area (Å²) in [6.07, 6.45) is 5.81. The van der Waals surface area contributed by atoms with E-state index in [0.717, 1.165) is 22.8 Å². The van der Waals surface area contributed by atoms with E-state index < -0.39 is 0 Å². The quantitative estimate of drug-likeness (QED) is 0.645. The van der Waals surface area contributed by atoms with E-state index in [-0.39, 0.29) is 0 Å². The summed E-state index contributed by atoms with van der Waals surface area (Å²) in [5.74, 6) is 2.88. The molecule has 0 bridgehead atoms. The van der Waals surface area contributed by atoms with Gasteiger partial charge in [-0.05, 0) is 48.3 Å². The van der Waals surface area contributed by atoms with E-state index in [1.807, 2.05) is 12.1 Å². The Bertz CT molecular complexity index is 316. The molecular formula is C13H15Cl. The average Bonchev–Trinajstić information content (AvgIpc) is 2.93. The first-order chi connectivity index (χ1) is 6.86. The fraction of sp³-hybridized carbons (Fsp3) is 0.538. The molecule has 0 aromatic heterocycles. The van der Waals surface area contributed by atoms with E-state index >= 15 is 0 Å². The van der Waals surface area contributed by atoms with Crippen molar-refractivity contribution in [2.75, 3.05) is 0 Å². The zero-order chi connectivity index (χ0) is 9.54. The molecule has 1 heteroatoms. The van der Waals surface area contributed by atoms with Gasteiger partial charge in [0.1, 0.15) is 0 Å². The van der Waals surface area contributed by atoms with Gasteiger partial charge in [0, 0.05) is 5.02 Å². The lowest BCUT2D eigenvalue weighted by Gasteiger charge is -2.04. The van der Waals surface area contributed by atoms with Crippen LogP contribution < -0.4 is 0 Å². The molecule has 0 saturated heterocycles. The molecule has 0 heterocycles. The van der Waals surface area contributed by atoms with Crippen molar-refractivity contribution in [3.63, 3.8) is 0 Å². The zero-order valence-corrected chi connectivity index (χ0v) is 9.00. The van der Waals surface area contributed by atoms with E-state index in [1.54, 1.807) is 0 Å². The molecule has 2 aliphatic carbocycles. The molecule has 0 N–H and O–H groups in total. The van der Waals surface area contributed by atoms with Gasteiger partial charge in [-0.3, -0.25) is 0 Å². The van der Waals surface area contributed by atoms with Gasteiger partial charge in [-0.2, -0.15) is 0 Å². The molecule has 0 aliphatic heterocycles. The van der Waals surface area contributed by atoms with E-state index in [4.69, 9.17) is 11.6 Å². The standard InChI is InChI=1S/C13H15Cl/c14-10-7-5-9(6-8-10)13-11-3-1-2-4-12(11)13/h5-8,11-13H,1-4H2/t11-,12+,13?. The first-order valence-corrected chi connectivity index (χ1v) is 5.99. The van der Waals surface area contributed by atoms with Crippen LogP contribution >= 0.6 is 11.6 Å². The second kappa shape index (κ2) is 3.27. The van der Waals surface area contributed by atoms with E-state index in [2.05, 4.69) is 12.1 Å². The Balaban J connectivity index is 1.81. The predicted octanol–water partition coefficient (Wildman–Crippen LogP) is 4.24. The van der Waals surface area contributed by atoms with E-state index in [1.165, 1.54) is 31.2 Å². The van der Waals surface area contributed by atoms with Crippen LogP contribution in [0.1, 0.15) is 37.2 Å². The lowest BCUT2D eigenvalue weighted by atomic mass is 10.0. The highest BCUT2D eigenvalue weighted by molar-refractivity contribution is 6.30. The molecule has 74 valence electrons. The molecule has 0 spiro atoms. The van der Waals surface area contributed by atoms with Crippen LogP contribution in [0.15, 0.2) is 24.3 Å². The van der Waals surface area contributed by atoms with Gasteiger partial charge in [-0.1, -0.05) is 36.6 Å². The number of fused-ring (bicyclic) bond motifs is 1. The molecule has 2 aliphatic rings. The van der Waals surface area contributed by atoms with Crippen LogP contribution in [-0.2, 0) is 0 Å². The maximum atomic E-state index is 5.89. The number of rotatable bonds is 1. The van der Waals surface area contributed by atoms with E-state index in [9.17, 15) is 0 Å². The highest BCUT2D eigenvalue weighted by Gasteiger charge is 2.50. The molecule has 14 heavy (non-hydrogen) atoms. The Morgan fingerprint density at radius 2 is 1.50 bits per heavy atom. The summed E-state index contributed by atoms with van der Waals surface area (Å²) in [7, 11) is 0. The van der Waals surface area contributed by atoms with Crippen molar-refractivity contribution in [1.82, 2.24) is 0 Å². The van der Waals surface area contributed by atoms with Crippen LogP contribution in [0.25, 0.3) is 0 Å². The number of benzene rings is 1. The van der Waals surface area contributed by atoms with Gasteiger partial charge in [0.15, 0.2) is 0 Å². The van der Waals surface area contributed by atoms with Crippen LogP contribution in [0.3, 0.4) is 0 Å². The fourth-order valence-corrected chi connectivity index (χ4v) is 3.30. The largest absolute Gasteiger partial charge is 0.0843 e. The number of hydrogen-bond donors (Lipinski definition) is 0. The number of hydrogen-bond acceptors (Lipinski definition) is 0. The van der Waals surface area contributed by atoms with Crippen LogP contribution in [0, 0.1) is 11.8 Å². The molecular weight excluding hydrogens is 192 g/mol. The maximum Gasteiger partial charge on any atom is 0.0406 e. The molecule has 2 fully saturated rings. The van der Waals surface area contributed by atoms with Crippen molar-refractivity contribution in [2.24, 2.45) is 11.8 Å². The zero-order valence-electron chi connectivity index (χ0n) is 8.25. The van der Waals surface area contributed by atoms with Crippen LogP contribution in [0.2, 0.25) is 5.02 Å². The monoisotopic (exact) mass is 206 g/mol. The molecule has 0 amide bonds. The Hall–Kier alpha value is -0.490. The van der Waals surface area contributed by atoms with Crippen LogP contribution in [0.4, 0.5) is 0 Å². The van der Waals surface area contributed by atoms with Gasteiger partial charge >= 0.3 is 0 Å². The Labute approximate surface area is 90.3 Å². The van der Waals surface area contributed by atoms with E-state index in [0.29, 0.717) is 0 Å². The molecule has 1 aromatic carbocycles. The third-order valence-electron chi connectivity index (χ3n) is 3.91. The average molecular weight is 207 g/mol. The summed E-state index contributed by atoms with van der Waals surface area (Å²) in [5, 5.41) is 0.859. The maximum absolute atomic E-state index is 5.89. The summed E-state index contributed by atoms with van der Waals surface area (Å²) in [6.45, 7) is 0. The van der Waals surface area contributed by atoms with Gasteiger partial charge < -0.3 is 0 Å². The normalized spacial score (nSPS) is 35.1. The SMILES string of the molecule is Clc1ccc(C2[C@H]3CCCC[C@@H]23)cc1. The number of halogens is 1. The predicted molar refractivity (Wildman–Crippen MR) is 59.6 cm³/mol. The van der Waals surface area contributed by atoms with Crippen molar-refractivity contribution in [1.29, 1.82) is 0 Å². The summed E-state index contributed by atoms with van der Waals surface area (Å²) >= 11 is 5.89. The minimum absolute atomic E-state index is 0.859. The molecule has 1 unspecified atom stereocenters. The van der Waals surface area contributed by atoms with Crippen molar-refractivity contribution < 1.29 is 0 Å². The first kappa shape index (κ1) is 8.79. The summed E-state index contributed by atoms with van der Waals surface area (Å²) in [6, 6.07) is 8.49. The Morgan fingerprint density at radius 3 is 2.07 bits per heavy atom. The molecule has 0 nitrogen and oxygen atoms in total. The third kappa shape index (κ3) is 1.37. The van der Waals surface area contributed by atoms with Crippen LogP contribution in [-0.4, -0.2) is 0 Å². The molecule has 2 saturated carbocycles. The van der Waals surface area contributed by atoms with Crippen molar-refractivity contribution >= 4 is 11.6 Å². The molecule has 0 radical (unpaired) electrons. The van der Waals surface area contributed by atoms with Crippen molar-refractivity contribution in [2.45, 2.75) is 31.6 Å². The van der Waals surface area contributed by atoms with Gasteiger partial charge in [0.25, 0.3) is 0 Å². The third-order valence-corrected chi connectivity index (χ3v) is 4.16. The van der Waals surface area contributed by atoms with Gasteiger partial charge in [-0.15, -0.1) is 0 Å². The van der Waals surface area contributed by atoms with Gasteiger partial charge in [-0.25, -0.2) is 0 Å². The first-order valence-electron chi connectivity index (χ1n) is 5.62. The van der Waals surface area contributed by atoms with Crippen LogP contribution in [0.5, 0.6) is 0 Å². The minimum Gasteiger partial charge on any atom is -0.0843 e. The van der Waals surface area contributed by atoms with Crippen molar-refractivity contribution in [3.8, 4) is 0 Å². The smallest absolute Gasteiger partial charge is 0.0406 e. The fourth-order valence-electron chi connectivity index (χ4n) is 3.17. The summed E-state index contributed by atoms with van der Waals surface area (Å²) in [5.41, 5.74) is 1.52. The second-order valence-electron chi connectivity index (χ2n) is 4.69. The lowest BCUT2D eigenvalue weighted by molar-refractivity contribution is 0.480. The Kier molecular flexibility index (Phi) is 2.05. The van der Waals surface area contributed by atoms with Gasteiger partial charge in [0.2, 0.25) is 0 Å². The summed E-state index contributed by atoms with van der Waals surface area (Å²) in [4.78, 5) is 0. The highest BCUT2D eigenvalue weighted by atomic mass is 35.5. The van der Waals surface area contributed by atoms with Crippen molar-refractivity contribution in [3.05, 3.63) is 34.9 Å². The molecule has 1 aromatic rings. The highest BCUT2D eigenvalue weighted by Crippen LogP contribution is 2.61. The van der Waals surface area contributed by atoms with Gasteiger partial charge in [0.05, 0.1) is 0 Å². The molecule has 3 rings (SSSR count). The Morgan fingerprint density at radius 1 is 0.929 bits per heavy atom. The summed E-state index contributed by atoms with van der Waals surface area (Å²) < 4.78 is 0. The topological polar surface area (TPSA) is 0 Å². The minimum atomic E-state index is 0.859. The second-order valence-corrected chi connectivity index (χ2v) is 5.13.